The van der Waals surface area contributed by atoms with Gasteiger partial charge in [-0.3, -0.25) is 0 Å². The molecule has 0 aliphatic rings. The van der Waals surface area contributed by atoms with Crippen LogP contribution in [0, 0.1) is 5.95 Å². The summed E-state index contributed by atoms with van der Waals surface area (Å²) in [7, 11) is 0. The molecule has 1 rings (SSSR count). The molecule has 1 aromatic heterocycles. The lowest BCUT2D eigenvalue weighted by molar-refractivity contribution is 0.465. The van der Waals surface area contributed by atoms with E-state index in [1.807, 2.05) is 6.07 Å². The van der Waals surface area contributed by atoms with E-state index in [0.29, 0.717) is 4.60 Å². The second kappa shape index (κ2) is 4.39. The number of rotatable bonds is 3. The Bertz CT molecular complexity index is 323. The third-order valence-corrected chi connectivity index (χ3v) is 3.02. The predicted molar refractivity (Wildman–Crippen MR) is 59.8 cm³/mol. The predicted octanol–water partition coefficient (Wildman–Crippen LogP) is 4.06. The van der Waals surface area contributed by atoms with Crippen molar-refractivity contribution < 1.29 is 4.39 Å². The van der Waals surface area contributed by atoms with Gasteiger partial charge in [-0.1, -0.05) is 33.3 Å². The van der Waals surface area contributed by atoms with Gasteiger partial charge in [-0.25, -0.2) is 4.98 Å². The van der Waals surface area contributed by atoms with Crippen LogP contribution in [-0.2, 0) is 5.41 Å². The van der Waals surface area contributed by atoms with Crippen molar-refractivity contribution in [2.45, 2.75) is 39.0 Å². The highest BCUT2D eigenvalue weighted by Gasteiger charge is 2.22. The molecule has 0 radical (unpaired) electrons. The Morgan fingerprint density at radius 2 is 2.07 bits per heavy atom. The Kier molecular flexibility index (Phi) is 3.65. The molecule has 0 saturated carbocycles. The van der Waals surface area contributed by atoms with Gasteiger partial charge in [0.1, 0.15) is 4.60 Å². The third kappa shape index (κ3) is 2.53. The van der Waals surface area contributed by atoms with E-state index in [2.05, 4.69) is 41.7 Å². The molecule has 0 N–H and O–H groups in total. The monoisotopic (exact) mass is 259 g/mol. The molecule has 0 saturated heterocycles. The first-order chi connectivity index (χ1) is 6.47. The highest BCUT2D eigenvalue weighted by molar-refractivity contribution is 9.10. The summed E-state index contributed by atoms with van der Waals surface area (Å²) in [5, 5.41) is 0. The summed E-state index contributed by atoms with van der Waals surface area (Å²) in [6, 6.07) is 3.22. The number of hydrogen-bond donors (Lipinski definition) is 0. The Labute approximate surface area is 92.9 Å². The number of hydrogen-bond acceptors (Lipinski definition) is 1. The molecule has 0 unspecified atom stereocenters. The minimum Gasteiger partial charge on any atom is -0.212 e. The van der Waals surface area contributed by atoms with E-state index in [4.69, 9.17) is 0 Å². The molecule has 78 valence electrons. The molecule has 3 heteroatoms. The number of aromatic nitrogens is 1. The summed E-state index contributed by atoms with van der Waals surface area (Å²) >= 11 is 3.30. The van der Waals surface area contributed by atoms with Crippen LogP contribution in [0.5, 0.6) is 0 Å². The molecule has 0 fully saturated rings. The van der Waals surface area contributed by atoms with Gasteiger partial charge in [0.15, 0.2) is 0 Å². The van der Waals surface area contributed by atoms with E-state index in [1.165, 1.54) is 6.07 Å². The molecule has 0 aliphatic carbocycles. The van der Waals surface area contributed by atoms with Crippen molar-refractivity contribution >= 4 is 15.9 Å². The summed E-state index contributed by atoms with van der Waals surface area (Å²) in [5.41, 5.74) is 1.12. The molecule has 1 nitrogen and oxygen atoms in total. The standard InChI is InChI=1S/C11H15BrFN/c1-4-7-11(2,3)8-5-6-9(13)14-10(8)12/h5-6H,4,7H2,1-3H3. The maximum atomic E-state index is 12.8. The second-order valence-corrected chi connectivity index (χ2v) is 4.86. The number of pyridine rings is 1. The fraction of sp³-hybridized carbons (Fsp3) is 0.545. The van der Waals surface area contributed by atoms with Crippen molar-refractivity contribution in [1.82, 2.24) is 4.98 Å². The number of halogens is 2. The van der Waals surface area contributed by atoms with Gasteiger partial charge < -0.3 is 0 Å². The van der Waals surface area contributed by atoms with Gasteiger partial charge in [0.2, 0.25) is 5.95 Å². The highest BCUT2D eigenvalue weighted by Crippen LogP contribution is 2.32. The van der Waals surface area contributed by atoms with Crippen LogP contribution >= 0.6 is 15.9 Å². The van der Waals surface area contributed by atoms with E-state index in [9.17, 15) is 4.39 Å². The van der Waals surface area contributed by atoms with Crippen LogP contribution in [0.1, 0.15) is 39.2 Å². The zero-order valence-electron chi connectivity index (χ0n) is 8.77. The molecule has 1 aromatic rings. The summed E-state index contributed by atoms with van der Waals surface area (Å²) in [6.45, 7) is 6.44. The molecule has 0 aliphatic heterocycles. The molecular weight excluding hydrogens is 245 g/mol. The van der Waals surface area contributed by atoms with Crippen LogP contribution in [0.25, 0.3) is 0 Å². The zero-order chi connectivity index (χ0) is 10.8. The highest BCUT2D eigenvalue weighted by atomic mass is 79.9. The quantitative estimate of drug-likeness (QED) is 0.747. The fourth-order valence-electron chi connectivity index (χ4n) is 1.68. The van der Waals surface area contributed by atoms with E-state index in [0.717, 1.165) is 18.4 Å². The smallest absolute Gasteiger partial charge is 0.212 e. The first-order valence-corrected chi connectivity index (χ1v) is 5.59. The Balaban J connectivity index is 3.06. The largest absolute Gasteiger partial charge is 0.213 e. The molecular formula is C11H15BrFN. The van der Waals surface area contributed by atoms with Crippen molar-refractivity contribution in [3.8, 4) is 0 Å². The lowest BCUT2D eigenvalue weighted by Crippen LogP contribution is -2.18. The summed E-state index contributed by atoms with van der Waals surface area (Å²) < 4.78 is 13.4. The SMILES string of the molecule is CCCC(C)(C)c1ccc(F)nc1Br. The van der Waals surface area contributed by atoms with Crippen molar-refractivity contribution in [2.24, 2.45) is 0 Å². The molecule has 1 heterocycles. The van der Waals surface area contributed by atoms with Crippen LogP contribution in [0.4, 0.5) is 4.39 Å². The van der Waals surface area contributed by atoms with Crippen LogP contribution in [0.15, 0.2) is 16.7 Å². The summed E-state index contributed by atoms with van der Waals surface area (Å²) in [4.78, 5) is 3.77. The Hall–Kier alpha value is -0.440. The normalized spacial score (nSPS) is 11.8. The molecule has 0 atom stereocenters. The summed E-state index contributed by atoms with van der Waals surface area (Å²) in [6.07, 6.45) is 2.18. The van der Waals surface area contributed by atoms with Crippen LogP contribution < -0.4 is 0 Å². The first kappa shape index (κ1) is 11.6. The van der Waals surface area contributed by atoms with Gasteiger partial charge in [0, 0.05) is 0 Å². The molecule has 0 bridgehead atoms. The Morgan fingerprint density at radius 3 is 2.57 bits per heavy atom. The first-order valence-electron chi connectivity index (χ1n) is 4.80. The van der Waals surface area contributed by atoms with Crippen molar-refractivity contribution in [2.75, 3.05) is 0 Å². The molecule has 0 spiro atoms. The van der Waals surface area contributed by atoms with E-state index >= 15 is 0 Å². The minimum atomic E-state index is -0.437. The van der Waals surface area contributed by atoms with Gasteiger partial charge in [0.05, 0.1) is 0 Å². The van der Waals surface area contributed by atoms with E-state index < -0.39 is 5.95 Å². The van der Waals surface area contributed by atoms with Gasteiger partial charge in [-0.2, -0.15) is 4.39 Å². The van der Waals surface area contributed by atoms with Crippen molar-refractivity contribution in [3.63, 3.8) is 0 Å². The van der Waals surface area contributed by atoms with Crippen molar-refractivity contribution in [3.05, 3.63) is 28.2 Å². The van der Waals surface area contributed by atoms with Gasteiger partial charge in [-0.05, 0) is 39.4 Å². The average molecular weight is 260 g/mol. The lowest BCUT2D eigenvalue weighted by Gasteiger charge is -2.25. The molecule has 14 heavy (non-hydrogen) atoms. The van der Waals surface area contributed by atoms with E-state index in [-0.39, 0.29) is 5.41 Å². The van der Waals surface area contributed by atoms with Gasteiger partial charge >= 0.3 is 0 Å². The molecule has 0 aromatic carbocycles. The third-order valence-electron chi connectivity index (χ3n) is 2.42. The fourth-order valence-corrected chi connectivity index (χ4v) is 2.51. The number of nitrogens with zero attached hydrogens (tertiary/aromatic N) is 1. The maximum Gasteiger partial charge on any atom is 0.213 e. The molecule has 0 amide bonds. The average Bonchev–Trinajstić information content (AvgIpc) is 2.02. The maximum absolute atomic E-state index is 12.8. The van der Waals surface area contributed by atoms with Crippen LogP contribution in [0.2, 0.25) is 0 Å². The van der Waals surface area contributed by atoms with Crippen molar-refractivity contribution in [1.29, 1.82) is 0 Å². The van der Waals surface area contributed by atoms with E-state index in [1.54, 1.807) is 0 Å². The van der Waals surface area contributed by atoms with Crippen LogP contribution in [-0.4, -0.2) is 4.98 Å². The minimum absolute atomic E-state index is 0.0499. The lowest BCUT2D eigenvalue weighted by atomic mass is 9.82. The zero-order valence-corrected chi connectivity index (χ0v) is 10.4. The Morgan fingerprint density at radius 1 is 1.43 bits per heavy atom. The topological polar surface area (TPSA) is 12.9 Å². The van der Waals surface area contributed by atoms with Crippen LogP contribution in [0.3, 0.4) is 0 Å². The van der Waals surface area contributed by atoms with Gasteiger partial charge in [-0.15, -0.1) is 0 Å². The summed E-state index contributed by atoms with van der Waals surface area (Å²) in [5.74, 6) is -0.437. The van der Waals surface area contributed by atoms with Gasteiger partial charge in [0.25, 0.3) is 0 Å². The second-order valence-electron chi connectivity index (χ2n) is 4.11.